The fourth-order valence-electron chi connectivity index (χ4n) is 3.70. The molecule has 4 heteroatoms. The third kappa shape index (κ3) is 4.58. The number of rotatable bonds is 7. The smallest absolute Gasteiger partial charge is 0.253 e. The van der Waals surface area contributed by atoms with Crippen LogP contribution in [0.3, 0.4) is 0 Å². The topological polar surface area (TPSA) is 49.6 Å². The largest absolute Gasteiger partial charge is 0.339 e. The Hall–Kier alpha value is -1.39. The van der Waals surface area contributed by atoms with E-state index >= 15 is 0 Å². The Balaban J connectivity index is 2.04. The van der Waals surface area contributed by atoms with Gasteiger partial charge in [-0.15, -0.1) is 0 Å². The molecule has 0 spiro atoms. The summed E-state index contributed by atoms with van der Waals surface area (Å²) in [5.41, 5.74) is 8.41. The van der Waals surface area contributed by atoms with Gasteiger partial charge in [-0.2, -0.15) is 0 Å². The summed E-state index contributed by atoms with van der Waals surface area (Å²) in [4.78, 5) is 16.9. The molecule has 1 aliphatic heterocycles. The van der Waals surface area contributed by atoms with E-state index in [9.17, 15) is 4.79 Å². The zero-order valence-electron chi connectivity index (χ0n) is 15.5. The first-order chi connectivity index (χ1) is 11.6. The number of carbonyl (C=O) groups excluding carboxylic acids is 1. The van der Waals surface area contributed by atoms with Crippen LogP contribution in [0, 0.1) is 5.92 Å². The van der Waals surface area contributed by atoms with Crippen molar-refractivity contribution in [1.82, 2.24) is 9.80 Å². The van der Waals surface area contributed by atoms with Gasteiger partial charge in [-0.25, -0.2) is 0 Å². The highest BCUT2D eigenvalue weighted by Crippen LogP contribution is 2.29. The molecular formula is C20H33N3O. The van der Waals surface area contributed by atoms with Gasteiger partial charge < -0.3 is 15.5 Å². The number of carbonyl (C=O) groups is 1. The molecule has 2 N–H and O–H groups in total. The van der Waals surface area contributed by atoms with Crippen LogP contribution >= 0.6 is 0 Å². The lowest BCUT2D eigenvalue weighted by molar-refractivity contribution is 0.0772. The van der Waals surface area contributed by atoms with Crippen LogP contribution in [0.5, 0.6) is 0 Å². The molecule has 1 fully saturated rings. The molecule has 0 bridgehead atoms. The molecule has 1 amide bonds. The Kier molecular flexibility index (Phi) is 7.25. The third-order valence-electron chi connectivity index (χ3n) is 5.25. The van der Waals surface area contributed by atoms with Crippen LogP contribution in [0.2, 0.25) is 0 Å². The molecule has 1 heterocycles. The van der Waals surface area contributed by atoms with Crippen molar-refractivity contribution in [2.75, 3.05) is 32.7 Å². The van der Waals surface area contributed by atoms with Gasteiger partial charge in [0.25, 0.3) is 5.91 Å². The number of amides is 1. The van der Waals surface area contributed by atoms with Crippen molar-refractivity contribution in [3.63, 3.8) is 0 Å². The predicted molar refractivity (Wildman–Crippen MR) is 100 cm³/mol. The molecule has 1 saturated heterocycles. The molecule has 1 aromatic rings. The molecule has 0 saturated carbocycles. The highest BCUT2D eigenvalue weighted by atomic mass is 16.2. The number of hydrogen-bond donors (Lipinski definition) is 1. The number of benzene rings is 1. The molecular weight excluding hydrogens is 298 g/mol. The summed E-state index contributed by atoms with van der Waals surface area (Å²) >= 11 is 0. The quantitative estimate of drug-likeness (QED) is 0.834. The molecule has 2 rings (SSSR count). The van der Waals surface area contributed by atoms with Gasteiger partial charge in [0.2, 0.25) is 0 Å². The van der Waals surface area contributed by atoms with E-state index in [0.717, 1.165) is 50.1 Å². The second-order valence-electron chi connectivity index (χ2n) is 6.81. The van der Waals surface area contributed by atoms with Gasteiger partial charge in [0.05, 0.1) is 0 Å². The van der Waals surface area contributed by atoms with Crippen LogP contribution in [0.25, 0.3) is 0 Å². The van der Waals surface area contributed by atoms with E-state index in [2.05, 4.69) is 17.9 Å². The van der Waals surface area contributed by atoms with Gasteiger partial charge in [0, 0.05) is 24.7 Å². The summed E-state index contributed by atoms with van der Waals surface area (Å²) in [6, 6.07) is 7.98. The van der Waals surface area contributed by atoms with E-state index in [-0.39, 0.29) is 11.9 Å². The monoisotopic (exact) mass is 331 g/mol. The molecule has 0 aliphatic carbocycles. The van der Waals surface area contributed by atoms with E-state index < -0.39 is 0 Å². The van der Waals surface area contributed by atoms with Crippen LogP contribution in [0.4, 0.5) is 0 Å². The van der Waals surface area contributed by atoms with Crippen molar-refractivity contribution in [3.05, 3.63) is 35.4 Å². The lowest BCUT2D eigenvalue weighted by Gasteiger charge is -2.34. The van der Waals surface area contributed by atoms with E-state index in [1.165, 1.54) is 13.0 Å². The lowest BCUT2D eigenvalue weighted by atomic mass is 9.85. The average Bonchev–Trinajstić information content (AvgIpc) is 2.63. The van der Waals surface area contributed by atoms with E-state index in [0.29, 0.717) is 5.92 Å². The zero-order chi connectivity index (χ0) is 17.5. The zero-order valence-corrected chi connectivity index (χ0v) is 15.5. The first-order valence-corrected chi connectivity index (χ1v) is 9.47. The fraction of sp³-hybridized carbons (Fsp3) is 0.650. The average molecular weight is 332 g/mol. The minimum absolute atomic E-state index is 0.0261. The molecule has 134 valence electrons. The lowest BCUT2D eigenvalue weighted by Crippen LogP contribution is -2.37. The minimum atomic E-state index is 0.0261. The Labute approximate surface area is 147 Å². The van der Waals surface area contributed by atoms with Crippen molar-refractivity contribution in [2.45, 2.75) is 46.1 Å². The first-order valence-electron chi connectivity index (χ1n) is 9.47. The second kappa shape index (κ2) is 9.19. The van der Waals surface area contributed by atoms with E-state index in [1.807, 2.05) is 36.9 Å². The highest BCUT2D eigenvalue weighted by Gasteiger charge is 2.25. The van der Waals surface area contributed by atoms with Gasteiger partial charge >= 0.3 is 0 Å². The van der Waals surface area contributed by atoms with Crippen molar-refractivity contribution in [3.8, 4) is 0 Å². The maximum Gasteiger partial charge on any atom is 0.253 e. The molecule has 1 unspecified atom stereocenters. The van der Waals surface area contributed by atoms with E-state index in [4.69, 9.17) is 5.73 Å². The number of likely N-dealkylation sites (tertiary alicyclic amines) is 1. The van der Waals surface area contributed by atoms with Gasteiger partial charge in [0.1, 0.15) is 0 Å². The molecule has 24 heavy (non-hydrogen) atoms. The van der Waals surface area contributed by atoms with E-state index in [1.54, 1.807) is 0 Å². The van der Waals surface area contributed by atoms with Crippen LogP contribution in [0.1, 0.15) is 62.0 Å². The Morgan fingerprint density at radius 3 is 2.50 bits per heavy atom. The Morgan fingerprint density at radius 1 is 1.25 bits per heavy atom. The number of piperidine rings is 1. The van der Waals surface area contributed by atoms with Crippen LogP contribution in [-0.4, -0.2) is 48.4 Å². The van der Waals surface area contributed by atoms with Crippen LogP contribution in [-0.2, 0) is 0 Å². The van der Waals surface area contributed by atoms with Crippen LogP contribution < -0.4 is 5.73 Å². The molecule has 0 radical (unpaired) electrons. The van der Waals surface area contributed by atoms with Crippen molar-refractivity contribution < 1.29 is 4.79 Å². The standard InChI is InChI=1S/C20H33N3O/c1-4-12-22-13-10-16(11-14-22)19(21)17-8-7-9-18(15-17)20(24)23(5-2)6-3/h7-9,15-16,19H,4-6,10-14,21H2,1-3H3. The summed E-state index contributed by atoms with van der Waals surface area (Å²) in [6.45, 7) is 11.2. The Morgan fingerprint density at radius 2 is 1.92 bits per heavy atom. The normalized spacial score (nSPS) is 17.7. The minimum Gasteiger partial charge on any atom is -0.339 e. The van der Waals surface area contributed by atoms with Gasteiger partial charge in [-0.3, -0.25) is 4.79 Å². The Bertz CT molecular complexity index is 519. The summed E-state index contributed by atoms with van der Waals surface area (Å²) in [5, 5.41) is 0. The maximum absolute atomic E-state index is 12.6. The number of hydrogen-bond acceptors (Lipinski definition) is 3. The van der Waals surface area contributed by atoms with Gasteiger partial charge in [0.15, 0.2) is 0 Å². The SMILES string of the molecule is CCCN1CCC(C(N)c2cccc(C(=O)N(CC)CC)c2)CC1. The molecule has 1 aliphatic rings. The summed E-state index contributed by atoms with van der Waals surface area (Å²) in [6.07, 6.45) is 3.51. The number of nitrogens with two attached hydrogens (primary N) is 1. The second-order valence-corrected chi connectivity index (χ2v) is 6.81. The van der Waals surface area contributed by atoms with Crippen molar-refractivity contribution >= 4 is 5.91 Å². The predicted octanol–water partition coefficient (Wildman–Crippen LogP) is 3.29. The summed E-state index contributed by atoms with van der Waals surface area (Å²) in [5.74, 6) is 0.615. The van der Waals surface area contributed by atoms with Crippen LogP contribution in [0.15, 0.2) is 24.3 Å². The molecule has 0 aromatic heterocycles. The summed E-state index contributed by atoms with van der Waals surface area (Å²) in [7, 11) is 0. The molecule has 1 atom stereocenters. The fourth-order valence-corrected chi connectivity index (χ4v) is 3.70. The maximum atomic E-state index is 12.6. The van der Waals surface area contributed by atoms with Crippen molar-refractivity contribution in [1.29, 1.82) is 0 Å². The highest BCUT2D eigenvalue weighted by molar-refractivity contribution is 5.94. The number of nitrogens with zero attached hydrogens (tertiary/aromatic N) is 2. The third-order valence-corrected chi connectivity index (χ3v) is 5.25. The molecule has 1 aromatic carbocycles. The van der Waals surface area contributed by atoms with Gasteiger partial charge in [-0.1, -0.05) is 19.1 Å². The van der Waals surface area contributed by atoms with Gasteiger partial charge in [-0.05, 0) is 76.4 Å². The molecule has 4 nitrogen and oxygen atoms in total. The van der Waals surface area contributed by atoms with Crippen molar-refractivity contribution in [2.24, 2.45) is 11.7 Å². The first kappa shape index (κ1) is 18.9. The summed E-state index contributed by atoms with van der Waals surface area (Å²) < 4.78 is 0.